The molecule has 0 rings (SSSR count). The van der Waals surface area contributed by atoms with Crippen LogP contribution in [0.1, 0.15) is 20.8 Å². The molecule has 0 bridgehead atoms. The van der Waals surface area contributed by atoms with Crippen LogP contribution < -0.4 is 0 Å². The fourth-order valence-electron chi connectivity index (χ4n) is 0.524. The van der Waals surface area contributed by atoms with Crippen molar-refractivity contribution >= 4 is 0 Å². The van der Waals surface area contributed by atoms with Crippen molar-refractivity contribution in [2.75, 3.05) is 0 Å². The van der Waals surface area contributed by atoms with Crippen LogP contribution in [0.3, 0.4) is 0 Å². The van der Waals surface area contributed by atoms with E-state index < -0.39 is 0 Å². The summed E-state index contributed by atoms with van der Waals surface area (Å²) in [7, 11) is 0. The minimum atomic E-state index is 1.11. The smallest absolute Gasteiger partial charge is 0.0310 e. The first-order chi connectivity index (χ1) is 4.57. The minimum Gasteiger partial charge on any atom is -0.0958 e. The zero-order chi connectivity index (χ0) is 8.15. The SMILES string of the molecule is [CH2]C=C(C)/C=C(/C)C(=C)C. The number of hydrogen-bond acceptors (Lipinski definition) is 0. The van der Waals surface area contributed by atoms with Crippen LogP contribution in [0, 0.1) is 6.92 Å². The van der Waals surface area contributed by atoms with E-state index in [4.69, 9.17) is 0 Å². The van der Waals surface area contributed by atoms with Crippen LogP contribution >= 0.6 is 0 Å². The Hall–Kier alpha value is -0.780. The van der Waals surface area contributed by atoms with Crippen molar-refractivity contribution in [2.45, 2.75) is 20.8 Å². The Morgan fingerprint density at radius 2 is 1.70 bits per heavy atom. The highest BCUT2D eigenvalue weighted by atomic mass is 13.9. The van der Waals surface area contributed by atoms with Crippen molar-refractivity contribution in [1.29, 1.82) is 0 Å². The van der Waals surface area contributed by atoms with Crippen molar-refractivity contribution in [2.24, 2.45) is 0 Å². The standard InChI is InChI=1S/C10H15/c1-6-9(4)7-10(5)8(2)3/h6-7H,1-2H2,3-5H3/b9-6?,10-7-. The summed E-state index contributed by atoms with van der Waals surface area (Å²) in [4.78, 5) is 0. The van der Waals surface area contributed by atoms with Gasteiger partial charge in [0.05, 0.1) is 0 Å². The molecule has 0 heterocycles. The maximum atomic E-state index is 3.83. The Balaban J connectivity index is 4.31. The molecule has 0 N–H and O–H groups in total. The van der Waals surface area contributed by atoms with Gasteiger partial charge in [0.25, 0.3) is 0 Å². The molecule has 1 radical (unpaired) electrons. The molecule has 0 aromatic carbocycles. The molecule has 0 saturated heterocycles. The Labute approximate surface area is 64.0 Å². The van der Waals surface area contributed by atoms with E-state index >= 15 is 0 Å². The van der Waals surface area contributed by atoms with Gasteiger partial charge in [-0.3, -0.25) is 0 Å². The Morgan fingerprint density at radius 1 is 1.20 bits per heavy atom. The third kappa shape index (κ3) is 3.29. The summed E-state index contributed by atoms with van der Waals surface area (Å²) in [5, 5.41) is 0. The first-order valence-corrected chi connectivity index (χ1v) is 3.38. The molecule has 0 heteroatoms. The average Bonchev–Trinajstić information content (AvgIpc) is 1.87. The molecule has 0 fully saturated rings. The van der Waals surface area contributed by atoms with Gasteiger partial charge in [-0.1, -0.05) is 29.9 Å². The molecule has 0 aromatic rings. The first kappa shape index (κ1) is 9.22. The van der Waals surface area contributed by atoms with Crippen molar-refractivity contribution in [3.63, 3.8) is 0 Å². The lowest BCUT2D eigenvalue weighted by Crippen LogP contribution is -1.77. The van der Waals surface area contributed by atoms with E-state index in [1.807, 2.05) is 19.9 Å². The van der Waals surface area contributed by atoms with Crippen LogP contribution in [-0.2, 0) is 0 Å². The van der Waals surface area contributed by atoms with E-state index in [1.165, 1.54) is 11.1 Å². The summed E-state index contributed by atoms with van der Waals surface area (Å²) < 4.78 is 0. The molecule has 55 valence electrons. The lowest BCUT2D eigenvalue weighted by molar-refractivity contribution is 1.33. The maximum Gasteiger partial charge on any atom is -0.0310 e. The highest BCUT2D eigenvalue weighted by Gasteiger charge is 1.87. The molecule has 0 atom stereocenters. The van der Waals surface area contributed by atoms with Gasteiger partial charge in [0.15, 0.2) is 0 Å². The fourth-order valence-corrected chi connectivity index (χ4v) is 0.524. The van der Waals surface area contributed by atoms with Gasteiger partial charge in [-0.05, 0) is 33.3 Å². The zero-order valence-corrected chi connectivity index (χ0v) is 7.07. The number of hydrogen-bond donors (Lipinski definition) is 0. The number of rotatable bonds is 2. The molecular weight excluding hydrogens is 120 g/mol. The molecule has 0 nitrogen and oxygen atoms in total. The molecule has 0 aliphatic carbocycles. The molecular formula is C10H15. The normalized spacial score (nSPS) is 13.6. The third-order valence-electron chi connectivity index (χ3n) is 1.44. The molecule has 0 spiro atoms. The van der Waals surface area contributed by atoms with Crippen LogP contribution in [0.5, 0.6) is 0 Å². The summed E-state index contributed by atoms with van der Waals surface area (Å²) >= 11 is 0. The Kier molecular flexibility index (Phi) is 3.78. The van der Waals surface area contributed by atoms with Gasteiger partial charge in [-0.15, -0.1) is 0 Å². The van der Waals surface area contributed by atoms with Gasteiger partial charge in [-0.2, -0.15) is 0 Å². The summed E-state index contributed by atoms with van der Waals surface area (Å²) in [6, 6.07) is 0. The molecule has 0 saturated carbocycles. The van der Waals surface area contributed by atoms with Crippen LogP contribution in [-0.4, -0.2) is 0 Å². The summed E-state index contributed by atoms with van der Waals surface area (Å²) in [5.41, 5.74) is 3.51. The second kappa shape index (κ2) is 4.10. The average molecular weight is 135 g/mol. The zero-order valence-electron chi connectivity index (χ0n) is 7.07. The van der Waals surface area contributed by atoms with Gasteiger partial charge in [0.1, 0.15) is 0 Å². The minimum absolute atomic E-state index is 1.11. The Morgan fingerprint density at radius 3 is 2.00 bits per heavy atom. The van der Waals surface area contributed by atoms with E-state index in [-0.39, 0.29) is 0 Å². The largest absolute Gasteiger partial charge is 0.0958 e. The highest BCUT2D eigenvalue weighted by Crippen LogP contribution is 2.08. The van der Waals surface area contributed by atoms with E-state index in [0.29, 0.717) is 0 Å². The third-order valence-corrected chi connectivity index (χ3v) is 1.44. The summed E-state index contributed by atoms with van der Waals surface area (Å²) in [6.07, 6.45) is 3.92. The summed E-state index contributed by atoms with van der Waals surface area (Å²) in [6.45, 7) is 13.6. The molecule has 0 amide bonds. The van der Waals surface area contributed by atoms with Gasteiger partial charge < -0.3 is 0 Å². The van der Waals surface area contributed by atoms with E-state index in [2.05, 4.69) is 26.5 Å². The fraction of sp³-hybridized carbons (Fsp3) is 0.300. The van der Waals surface area contributed by atoms with Crippen LogP contribution in [0.15, 0.2) is 35.5 Å². The number of allylic oxidation sites excluding steroid dienone is 5. The lowest BCUT2D eigenvalue weighted by Gasteiger charge is -1.97. The Bertz CT molecular complexity index is 180. The highest BCUT2D eigenvalue weighted by molar-refractivity contribution is 5.32. The lowest BCUT2D eigenvalue weighted by atomic mass is 10.1. The van der Waals surface area contributed by atoms with Gasteiger partial charge in [-0.25, -0.2) is 0 Å². The van der Waals surface area contributed by atoms with Crippen LogP contribution in [0.4, 0.5) is 0 Å². The van der Waals surface area contributed by atoms with Gasteiger partial charge in [0, 0.05) is 0 Å². The molecule has 0 aliphatic heterocycles. The quantitative estimate of drug-likeness (QED) is 0.510. The van der Waals surface area contributed by atoms with Crippen molar-refractivity contribution in [3.8, 4) is 0 Å². The second-order valence-corrected chi connectivity index (χ2v) is 2.56. The monoisotopic (exact) mass is 135 g/mol. The second-order valence-electron chi connectivity index (χ2n) is 2.56. The van der Waals surface area contributed by atoms with Gasteiger partial charge in [0.2, 0.25) is 0 Å². The molecule has 0 aromatic heterocycles. The topological polar surface area (TPSA) is 0 Å². The van der Waals surface area contributed by atoms with Crippen molar-refractivity contribution < 1.29 is 0 Å². The van der Waals surface area contributed by atoms with Crippen molar-refractivity contribution in [3.05, 3.63) is 42.4 Å². The van der Waals surface area contributed by atoms with E-state index in [0.717, 1.165) is 5.57 Å². The predicted molar refractivity (Wildman–Crippen MR) is 47.7 cm³/mol. The molecule has 0 unspecified atom stereocenters. The summed E-state index contributed by atoms with van der Waals surface area (Å²) in [5.74, 6) is 0. The molecule has 10 heavy (non-hydrogen) atoms. The van der Waals surface area contributed by atoms with E-state index in [1.54, 1.807) is 0 Å². The van der Waals surface area contributed by atoms with Crippen LogP contribution in [0.2, 0.25) is 0 Å². The van der Waals surface area contributed by atoms with Crippen LogP contribution in [0.25, 0.3) is 0 Å². The molecule has 0 aliphatic rings. The van der Waals surface area contributed by atoms with Crippen molar-refractivity contribution in [1.82, 2.24) is 0 Å². The predicted octanol–water partition coefficient (Wildman–Crippen LogP) is 3.29. The van der Waals surface area contributed by atoms with E-state index in [9.17, 15) is 0 Å². The first-order valence-electron chi connectivity index (χ1n) is 3.38. The van der Waals surface area contributed by atoms with Gasteiger partial charge >= 0.3 is 0 Å². The maximum absolute atomic E-state index is 3.83.